The molecule has 3 aromatic rings. The second-order valence-electron chi connectivity index (χ2n) is 5.23. The molecular formula is C16H10N8. The molecule has 0 aromatic carbocycles. The molecule has 8 nitrogen and oxygen atoms in total. The van der Waals surface area contributed by atoms with E-state index in [2.05, 4.69) is 39.9 Å². The average molecular weight is 314 g/mol. The van der Waals surface area contributed by atoms with E-state index in [9.17, 15) is 0 Å². The van der Waals surface area contributed by atoms with Gasteiger partial charge in [-0.25, -0.2) is 29.9 Å². The summed E-state index contributed by atoms with van der Waals surface area (Å²) in [5.41, 5.74) is 2.74. The van der Waals surface area contributed by atoms with Gasteiger partial charge in [0.25, 0.3) is 0 Å². The van der Waals surface area contributed by atoms with Crippen molar-refractivity contribution in [2.24, 2.45) is 0 Å². The zero-order chi connectivity index (χ0) is 15.9. The fourth-order valence-corrected chi connectivity index (χ4v) is 2.43. The van der Waals surface area contributed by atoms with Crippen LogP contribution in [0.25, 0.3) is 46.9 Å². The molecule has 0 amide bonds. The van der Waals surface area contributed by atoms with Crippen molar-refractivity contribution in [1.82, 2.24) is 39.9 Å². The molecular weight excluding hydrogens is 304 g/mol. The zero-order valence-corrected chi connectivity index (χ0v) is 12.3. The Kier molecular flexibility index (Phi) is 2.63. The SMILES string of the molecule is C1=Cc2nc1nc1nc(nc3ccc(nc4ccc(n2)[nH]4)[nH]3)C=C1. The highest BCUT2D eigenvalue weighted by molar-refractivity contribution is 5.70. The Hall–Kier alpha value is -3.68. The summed E-state index contributed by atoms with van der Waals surface area (Å²) in [5, 5.41) is 0. The summed E-state index contributed by atoms with van der Waals surface area (Å²) in [5.74, 6) is 2.27. The molecule has 5 heterocycles. The molecule has 24 heavy (non-hydrogen) atoms. The van der Waals surface area contributed by atoms with Gasteiger partial charge in [-0.15, -0.1) is 0 Å². The number of nitrogens with one attached hydrogen (secondary N) is 2. The fraction of sp³-hybridized carbons (Fsp3) is 0. The van der Waals surface area contributed by atoms with Gasteiger partial charge in [0.1, 0.15) is 22.6 Å². The predicted molar refractivity (Wildman–Crippen MR) is 90.0 cm³/mol. The normalized spacial score (nSPS) is 12.7. The number of H-pyrrole nitrogens is 2. The third kappa shape index (κ3) is 2.35. The fourth-order valence-electron chi connectivity index (χ4n) is 2.43. The molecule has 0 saturated heterocycles. The van der Waals surface area contributed by atoms with Gasteiger partial charge in [0.15, 0.2) is 23.3 Å². The number of hydrogen-bond donors (Lipinski definition) is 2. The minimum Gasteiger partial charge on any atom is -0.325 e. The molecule has 2 aliphatic rings. The monoisotopic (exact) mass is 314 g/mol. The Morgan fingerprint density at radius 3 is 1.17 bits per heavy atom. The van der Waals surface area contributed by atoms with Crippen molar-refractivity contribution in [1.29, 1.82) is 0 Å². The molecule has 0 atom stereocenters. The topological polar surface area (TPSA) is 109 Å². The summed E-state index contributed by atoms with van der Waals surface area (Å²) in [6, 6.07) is 7.41. The largest absolute Gasteiger partial charge is 0.325 e. The lowest BCUT2D eigenvalue weighted by Gasteiger charge is -1.84. The molecule has 2 N–H and O–H groups in total. The van der Waals surface area contributed by atoms with Crippen LogP contribution in [-0.2, 0) is 0 Å². The van der Waals surface area contributed by atoms with Crippen molar-refractivity contribution >= 4 is 46.9 Å². The van der Waals surface area contributed by atoms with E-state index >= 15 is 0 Å². The number of fused-ring (bicyclic) bond motifs is 8. The van der Waals surface area contributed by atoms with E-state index < -0.39 is 0 Å². The highest BCUT2D eigenvalue weighted by Crippen LogP contribution is 2.11. The molecule has 0 spiro atoms. The number of nitrogens with zero attached hydrogens (tertiary/aromatic N) is 6. The second kappa shape index (κ2) is 4.92. The first-order valence-electron chi connectivity index (χ1n) is 7.33. The third-order valence-corrected chi connectivity index (χ3v) is 3.47. The number of rotatable bonds is 0. The first kappa shape index (κ1) is 12.8. The van der Waals surface area contributed by atoms with Crippen LogP contribution in [0.5, 0.6) is 0 Å². The van der Waals surface area contributed by atoms with Crippen molar-refractivity contribution in [3.63, 3.8) is 0 Å². The molecule has 0 saturated carbocycles. The van der Waals surface area contributed by atoms with E-state index in [1.165, 1.54) is 0 Å². The van der Waals surface area contributed by atoms with Gasteiger partial charge in [0, 0.05) is 0 Å². The molecule has 5 rings (SSSR count). The standard InChI is InChI=1S/C16H10N8/c1-2-10-17-9(1)21-11-3-4-13(18-11)23-15-7-8-16(20-15)24-14-6-5-12(19-14)22-10/h1-8H,(H2,17,18,19,20,21,22,23,24). The first-order valence-corrected chi connectivity index (χ1v) is 7.33. The molecule has 0 fully saturated rings. The Morgan fingerprint density at radius 2 is 0.750 bits per heavy atom. The Balaban J connectivity index is 1.85. The van der Waals surface area contributed by atoms with Gasteiger partial charge in [0.05, 0.1) is 0 Å². The number of aromatic amines is 2. The Bertz CT molecular complexity index is 1080. The molecule has 3 aromatic heterocycles. The Morgan fingerprint density at radius 1 is 0.417 bits per heavy atom. The summed E-state index contributed by atoms with van der Waals surface area (Å²) < 4.78 is 0. The molecule has 8 bridgehead atoms. The lowest BCUT2D eigenvalue weighted by Crippen LogP contribution is -1.87. The Labute approximate surface area is 135 Å². The van der Waals surface area contributed by atoms with E-state index in [1.54, 1.807) is 24.3 Å². The van der Waals surface area contributed by atoms with Crippen LogP contribution in [0.1, 0.15) is 23.3 Å². The van der Waals surface area contributed by atoms with Gasteiger partial charge in [0.2, 0.25) is 0 Å². The highest BCUT2D eigenvalue weighted by atomic mass is 15.0. The van der Waals surface area contributed by atoms with Crippen LogP contribution >= 0.6 is 0 Å². The maximum absolute atomic E-state index is 4.48. The van der Waals surface area contributed by atoms with Gasteiger partial charge in [-0.2, -0.15) is 0 Å². The van der Waals surface area contributed by atoms with Crippen LogP contribution in [0.2, 0.25) is 0 Å². The summed E-state index contributed by atoms with van der Waals surface area (Å²) in [7, 11) is 0. The van der Waals surface area contributed by atoms with Gasteiger partial charge >= 0.3 is 0 Å². The van der Waals surface area contributed by atoms with Gasteiger partial charge in [-0.05, 0) is 48.6 Å². The van der Waals surface area contributed by atoms with Crippen molar-refractivity contribution in [3.8, 4) is 0 Å². The van der Waals surface area contributed by atoms with Crippen LogP contribution in [0, 0.1) is 0 Å². The minimum absolute atomic E-state index is 0.559. The van der Waals surface area contributed by atoms with Crippen LogP contribution in [0.3, 0.4) is 0 Å². The maximum atomic E-state index is 4.48. The second-order valence-corrected chi connectivity index (χ2v) is 5.23. The van der Waals surface area contributed by atoms with Gasteiger partial charge in [-0.3, -0.25) is 0 Å². The van der Waals surface area contributed by atoms with Crippen LogP contribution in [-0.4, -0.2) is 39.9 Å². The maximum Gasteiger partial charge on any atom is 0.156 e. The molecule has 0 aliphatic carbocycles. The van der Waals surface area contributed by atoms with Crippen molar-refractivity contribution in [2.45, 2.75) is 0 Å². The lowest BCUT2D eigenvalue weighted by atomic mass is 10.5. The highest BCUT2D eigenvalue weighted by Gasteiger charge is 2.04. The van der Waals surface area contributed by atoms with Crippen LogP contribution in [0.15, 0.2) is 24.3 Å². The zero-order valence-electron chi connectivity index (χ0n) is 12.3. The molecule has 2 aliphatic heterocycles. The van der Waals surface area contributed by atoms with Gasteiger partial charge < -0.3 is 9.97 Å². The molecule has 0 unspecified atom stereocenters. The number of hydrogen-bond acceptors (Lipinski definition) is 6. The molecule has 114 valence electrons. The van der Waals surface area contributed by atoms with E-state index in [4.69, 9.17) is 0 Å². The summed E-state index contributed by atoms with van der Waals surface area (Å²) in [6.45, 7) is 0. The quantitative estimate of drug-likeness (QED) is 0.453. The summed E-state index contributed by atoms with van der Waals surface area (Å²) in [4.78, 5) is 32.7. The first-order chi connectivity index (χ1) is 11.8. The summed E-state index contributed by atoms with van der Waals surface area (Å²) in [6.07, 6.45) is 7.21. The summed E-state index contributed by atoms with van der Waals surface area (Å²) >= 11 is 0. The lowest BCUT2D eigenvalue weighted by molar-refractivity contribution is 1.07. The van der Waals surface area contributed by atoms with Crippen molar-refractivity contribution < 1.29 is 0 Å². The molecule has 0 radical (unpaired) electrons. The van der Waals surface area contributed by atoms with Crippen molar-refractivity contribution in [2.75, 3.05) is 0 Å². The van der Waals surface area contributed by atoms with Crippen LogP contribution < -0.4 is 0 Å². The van der Waals surface area contributed by atoms with E-state index in [0.29, 0.717) is 45.9 Å². The minimum atomic E-state index is 0.559. The average Bonchev–Trinajstić information content (AvgIpc) is 3.32. The van der Waals surface area contributed by atoms with Gasteiger partial charge in [-0.1, -0.05) is 0 Å². The van der Waals surface area contributed by atoms with Crippen molar-refractivity contribution in [3.05, 3.63) is 47.6 Å². The third-order valence-electron chi connectivity index (χ3n) is 3.47. The van der Waals surface area contributed by atoms with Crippen LogP contribution in [0.4, 0.5) is 0 Å². The van der Waals surface area contributed by atoms with E-state index in [-0.39, 0.29) is 0 Å². The van der Waals surface area contributed by atoms with E-state index in [1.807, 2.05) is 24.3 Å². The smallest absolute Gasteiger partial charge is 0.156 e. The van der Waals surface area contributed by atoms with E-state index in [0.717, 1.165) is 0 Å². The molecule has 8 heteroatoms. The predicted octanol–water partition coefficient (Wildman–Crippen LogP) is 2.24. The number of aromatic nitrogens is 8.